The smallest absolute Gasteiger partial charge is 0.0730 e. The monoisotopic (exact) mass is 240 g/mol. The summed E-state index contributed by atoms with van der Waals surface area (Å²) in [5, 5.41) is 0. The molecule has 100 valence electrons. The molecule has 2 aliphatic rings. The van der Waals surface area contributed by atoms with Gasteiger partial charge in [-0.25, -0.2) is 0 Å². The number of hydrogen-bond donors (Lipinski definition) is 1. The molecule has 1 aliphatic carbocycles. The SMILES string of the molecule is CC(C)(N)CN1CCOC(C2CCCCC2)C1. The lowest BCUT2D eigenvalue weighted by atomic mass is 9.84. The van der Waals surface area contributed by atoms with Crippen LogP contribution in [0.2, 0.25) is 0 Å². The molecule has 1 aliphatic heterocycles. The summed E-state index contributed by atoms with van der Waals surface area (Å²) in [6.45, 7) is 8.22. The van der Waals surface area contributed by atoms with Crippen molar-refractivity contribution in [2.24, 2.45) is 11.7 Å². The number of nitrogens with two attached hydrogens (primary N) is 1. The molecule has 0 bridgehead atoms. The topological polar surface area (TPSA) is 38.5 Å². The second-order valence-corrected chi connectivity index (χ2v) is 6.53. The predicted octanol–water partition coefficient (Wildman–Crippen LogP) is 2.00. The van der Waals surface area contributed by atoms with Crippen LogP contribution in [0.5, 0.6) is 0 Å². The molecule has 0 aromatic rings. The van der Waals surface area contributed by atoms with Crippen LogP contribution in [-0.2, 0) is 4.74 Å². The van der Waals surface area contributed by atoms with Crippen molar-refractivity contribution < 1.29 is 4.74 Å². The Kier molecular flexibility index (Phi) is 4.45. The first kappa shape index (κ1) is 13.3. The largest absolute Gasteiger partial charge is 0.375 e. The van der Waals surface area contributed by atoms with Crippen LogP contribution in [0.1, 0.15) is 46.0 Å². The Morgan fingerprint density at radius 2 is 1.94 bits per heavy atom. The molecule has 1 saturated heterocycles. The van der Waals surface area contributed by atoms with Crippen LogP contribution in [0.15, 0.2) is 0 Å². The average molecular weight is 240 g/mol. The first-order valence-electron chi connectivity index (χ1n) is 7.17. The first-order chi connectivity index (χ1) is 8.04. The Morgan fingerprint density at radius 3 is 2.59 bits per heavy atom. The van der Waals surface area contributed by atoms with Crippen LogP contribution in [0.25, 0.3) is 0 Å². The van der Waals surface area contributed by atoms with Crippen LogP contribution in [0.4, 0.5) is 0 Å². The van der Waals surface area contributed by atoms with Crippen molar-refractivity contribution in [3.05, 3.63) is 0 Å². The highest BCUT2D eigenvalue weighted by molar-refractivity contribution is 4.84. The van der Waals surface area contributed by atoms with Gasteiger partial charge in [-0.05, 0) is 32.6 Å². The lowest BCUT2D eigenvalue weighted by Gasteiger charge is -2.40. The summed E-state index contributed by atoms with van der Waals surface area (Å²) in [7, 11) is 0. The molecular formula is C14H28N2O. The molecule has 3 nitrogen and oxygen atoms in total. The number of hydrogen-bond acceptors (Lipinski definition) is 3. The van der Waals surface area contributed by atoms with Gasteiger partial charge in [0.05, 0.1) is 12.7 Å². The van der Waals surface area contributed by atoms with Gasteiger partial charge in [0, 0.05) is 25.2 Å². The molecule has 1 heterocycles. The zero-order valence-electron chi connectivity index (χ0n) is 11.5. The molecule has 1 saturated carbocycles. The Labute approximate surface area is 106 Å². The molecule has 3 heteroatoms. The Morgan fingerprint density at radius 1 is 1.24 bits per heavy atom. The zero-order chi connectivity index (χ0) is 12.3. The van der Waals surface area contributed by atoms with Crippen molar-refractivity contribution >= 4 is 0 Å². The van der Waals surface area contributed by atoms with Crippen LogP contribution in [0.3, 0.4) is 0 Å². The van der Waals surface area contributed by atoms with Crippen LogP contribution in [-0.4, -0.2) is 42.8 Å². The summed E-state index contributed by atoms with van der Waals surface area (Å²) < 4.78 is 5.98. The van der Waals surface area contributed by atoms with Gasteiger partial charge < -0.3 is 10.5 Å². The van der Waals surface area contributed by atoms with E-state index in [0.717, 1.165) is 32.2 Å². The predicted molar refractivity (Wildman–Crippen MR) is 71.0 cm³/mol. The van der Waals surface area contributed by atoms with E-state index in [1.54, 1.807) is 0 Å². The molecule has 17 heavy (non-hydrogen) atoms. The molecule has 0 spiro atoms. The van der Waals surface area contributed by atoms with Crippen LogP contribution < -0.4 is 5.73 Å². The van der Waals surface area contributed by atoms with Crippen molar-refractivity contribution in [2.45, 2.75) is 57.6 Å². The highest BCUT2D eigenvalue weighted by atomic mass is 16.5. The number of rotatable bonds is 3. The second-order valence-electron chi connectivity index (χ2n) is 6.53. The molecule has 2 rings (SSSR count). The van der Waals surface area contributed by atoms with E-state index in [9.17, 15) is 0 Å². The van der Waals surface area contributed by atoms with E-state index in [1.165, 1.54) is 32.1 Å². The molecule has 2 fully saturated rings. The minimum absolute atomic E-state index is 0.0888. The van der Waals surface area contributed by atoms with Gasteiger partial charge in [0.15, 0.2) is 0 Å². The average Bonchev–Trinajstić information content (AvgIpc) is 2.28. The Balaban J connectivity index is 1.83. The standard InChI is InChI=1S/C14H28N2O/c1-14(2,15)11-16-8-9-17-13(10-16)12-6-4-3-5-7-12/h12-13H,3-11,15H2,1-2H3. The van der Waals surface area contributed by atoms with Gasteiger partial charge in [0.1, 0.15) is 0 Å². The summed E-state index contributed by atoms with van der Waals surface area (Å²) >= 11 is 0. The van der Waals surface area contributed by atoms with Crippen LogP contribution >= 0.6 is 0 Å². The normalized spacial score (nSPS) is 29.5. The maximum atomic E-state index is 6.11. The van der Waals surface area contributed by atoms with E-state index >= 15 is 0 Å². The molecule has 2 N–H and O–H groups in total. The minimum atomic E-state index is -0.0888. The molecule has 1 unspecified atom stereocenters. The molecule has 0 aromatic heterocycles. The fourth-order valence-electron chi connectivity index (χ4n) is 3.24. The summed E-state index contributed by atoms with van der Waals surface area (Å²) in [5.41, 5.74) is 6.02. The van der Waals surface area contributed by atoms with E-state index < -0.39 is 0 Å². The lowest BCUT2D eigenvalue weighted by molar-refractivity contribution is -0.0680. The summed E-state index contributed by atoms with van der Waals surface area (Å²) in [6, 6.07) is 0. The van der Waals surface area contributed by atoms with E-state index in [4.69, 9.17) is 10.5 Å². The third-order valence-corrected chi connectivity index (χ3v) is 3.98. The molecular weight excluding hydrogens is 212 g/mol. The fourth-order valence-corrected chi connectivity index (χ4v) is 3.24. The van der Waals surface area contributed by atoms with E-state index in [-0.39, 0.29) is 5.54 Å². The van der Waals surface area contributed by atoms with E-state index in [0.29, 0.717) is 6.10 Å². The maximum absolute atomic E-state index is 6.11. The minimum Gasteiger partial charge on any atom is -0.375 e. The van der Waals surface area contributed by atoms with Crippen molar-refractivity contribution in [2.75, 3.05) is 26.2 Å². The third-order valence-electron chi connectivity index (χ3n) is 3.98. The Hall–Kier alpha value is -0.120. The fraction of sp³-hybridized carbons (Fsp3) is 1.00. The molecule has 0 aromatic carbocycles. The van der Waals surface area contributed by atoms with Gasteiger partial charge in [-0.1, -0.05) is 19.3 Å². The van der Waals surface area contributed by atoms with E-state index in [2.05, 4.69) is 18.7 Å². The lowest BCUT2D eigenvalue weighted by Crippen LogP contribution is -2.52. The quantitative estimate of drug-likeness (QED) is 0.820. The van der Waals surface area contributed by atoms with Crippen molar-refractivity contribution in [1.29, 1.82) is 0 Å². The molecule has 0 radical (unpaired) electrons. The van der Waals surface area contributed by atoms with E-state index in [1.807, 2.05) is 0 Å². The van der Waals surface area contributed by atoms with Gasteiger partial charge in [-0.2, -0.15) is 0 Å². The van der Waals surface area contributed by atoms with Crippen molar-refractivity contribution in [3.8, 4) is 0 Å². The van der Waals surface area contributed by atoms with Crippen molar-refractivity contribution in [1.82, 2.24) is 4.90 Å². The summed E-state index contributed by atoms with van der Waals surface area (Å²) in [5.74, 6) is 0.799. The Bertz CT molecular complexity index is 231. The highest BCUT2D eigenvalue weighted by Crippen LogP contribution is 2.29. The number of ether oxygens (including phenoxy) is 1. The van der Waals surface area contributed by atoms with Gasteiger partial charge in [0.25, 0.3) is 0 Å². The number of morpholine rings is 1. The first-order valence-corrected chi connectivity index (χ1v) is 7.17. The zero-order valence-corrected chi connectivity index (χ0v) is 11.5. The van der Waals surface area contributed by atoms with Gasteiger partial charge in [0.2, 0.25) is 0 Å². The molecule has 1 atom stereocenters. The van der Waals surface area contributed by atoms with Gasteiger partial charge in [-0.15, -0.1) is 0 Å². The van der Waals surface area contributed by atoms with Gasteiger partial charge in [-0.3, -0.25) is 4.90 Å². The third kappa shape index (κ3) is 4.23. The second kappa shape index (κ2) is 5.68. The van der Waals surface area contributed by atoms with Crippen molar-refractivity contribution in [3.63, 3.8) is 0 Å². The summed E-state index contributed by atoms with van der Waals surface area (Å²) in [6.07, 6.45) is 7.41. The molecule has 0 amide bonds. The van der Waals surface area contributed by atoms with Crippen LogP contribution in [0, 0.1) is 5.92 Å². The number of nitrogens with zero attached hydrogens (tertiary/aromatic N) is 1. The highest BCUT2D eigenvalue weighted by Gasteiger charge is 2.30. The summed E-state index contributed by atoms with van der Waals surface area (Å²) in [4.78, 5) is 2.49. The van der Waals surface area contributed by atoms with Gasteiger partial charge >= 0.3 is 0 Å². The maximum Gasteiger partial charge on any atom is 0.0730 e.